The molecule has 1 fully saturated rings. The number of hydrogen-bond donors (Lipinski definition) is 0. The van der Waals surface area contributed by atoms with Crippen molar-refractivity contribution in [3.63, 3.8) is 0 Å². The van der Waals surface area contributed by atoms with Crippen LogP contribution in [0.5, 0.6) is 5.75 Å². The van der Waals surface area contributed by atoms with Crippen molar-refractivity contribution < 1.29 is 9.53 Å². The number of hydrogen-bond acceptors (Lipinski definition) is 2. The molecule has 3 heteroatoms. The van der Waals surface area contributed by atoms with Gasteiger partial charge in [0.15, 0.2) is 0 Å². The second-order valence-corrected chi connectivity index (χ2v) is 3.99. The Balaban J connectivity index is 2.04. The summed E-state index contributed by atoms with van der Waals surface area (Å²) in [6.45, 7) is 3.66. The molecule has 0 unspecified atom stereocenters. The van der Waals surface area contributed by atoms with E-state index >= 15 is 0 Å². The smallest absolute Gasteiger partial charge is 0.227 e. The zero-order chi connectivity index (χ0) is 11.4. The van der Waals surface area contributed by atoms with Gasteiger partial charge >= 0.3 is 0 Å². The van der Waals surface area contributed by atoms with Gasteiger partial charge in [0.2, 0.25) is 5.91 Å². The van der Waals surface area contributed by atoms with Gasteiger partial charge in [-0.15, -0.1) is 0 Å². The van der Waals surface area contributed by atoms with Gasteiger partial charge in [0.25, 0.3) is 0 Å². The van der Waals surface area contributed by atoms with Gasteiger partial charge in [0, 0.05) is 18.7 Å². The van der Waals surface area contributed by atoms with E-state index in [0.717, 1.165) is 37.4 Å². The van der Waals surface area contributed by atoms with Crippen LogP contribution in [0.4, 0.5) is 5.69 Å². The molecule has 86 valence electrons. The molecule has 0 aliphatic carbocycles. The van der Waals surface area contributed by atoms with Crippen molar-refractivity contribution in [2.45, 2.75) is 26.2 Å². The highest BCUT2D eigenvalue weighted by atomic mass is 16.5. The fraction of sp³-hybridized carbons (Fsp3) is 0.462. The standard InChI is InChI=1S/C13H17NO2/c1-2-10-16-12-7-5-11(6-8-12)14-9-3-4-13(14)15/h5-8H,2-4,9-10H2,1H3. The number of ether oxygens (including phenoxy) is 1. The zero-order valence-electron chi connectivity index (χ0n) is 9.61. The Labute approximate surface area is 96.0 Å². The van der Waals surface area contributed by atoms with Crippen molar-refractivity contribution in [3.8, 4) is 5.75 Å². The number of amides is 1. The minimum atomic E-state index is 0.224. The average Bonchev–Trinajstić information content (AvgIpc) is 2.74. The van der Waals surface area contributed by atoms with Crippen LogP contribution in [0.25, 0.3) is 0 Å². The van der Waals surface area contributed by atoms with E-state index in [4.69, 9.17) is 4.74 Å². The Morgan fingerprint density at radius 3 is 2.62 bits per heavy atom. The van der Waals surface area contributed by atoms with E-state index in [2.05, 4.69) is 6.92 Å². The number of carbonyl (C=O) groups is 1. The first-order valence-electron chi connectivity index (χ1n) is 5.84. The summed E-state index contributed by atoms with van der Waals surface area (Å²) in [5, 5.41) is 0. The van der Waals surface area contributed by atoms with Crippen molar-refractivity contribution in [3.05, 3.63) is 24.3 Å². The Bertz CT molecular complexity index is 359. The third kappa shape index (κ3) is 2.35. The molecule has 1 amide bonds. The van der Waals surface area contributed by atoms with E-state index in [9.17, 15) is 4.79 Å². The Morgan fingerprint density at radius 2 is 2.06 bits per heavy atom. The van der Waals surface area contributed by atoms with Crippen molar-refractivity contribution in [1.82, 2.24) is 0 Å². The summed E-state index contributed by atoms with van der Waals surface area (Å²) < 4.78 is 5.50. The average molecular weight is 219 g/mol. The number of carbonyl (C=O) groups excluding carboxylic acids is 1. The Morgan fingerprint density at radius 1 is 1.31 bits per heavy atom. The molecule has 0 radical (unpaired) electrons. The first-order chi connectivity index (χ1) is 7.81. The van der Waals surface area contributed by atoms with Crippen molar-refractivity contribution in [2.24, 2.45) is 0 Å². The van der Waals surface area contributed by atoms with Crippen molar-refractivity contribution >= 4 is 11.6 Å². The minimum absolute atomic E-state index is 0.224. The van der Waals surface area contributed by atoms with Gasteiger partial charge in [-0.1, -0.05) is 6.92 Å². The second kappa shape index (κ2) is 5.01. The largest absolute Gasteiger partial charge is 0.494 e. The Kier molecular flexibility index (Phi) is 3.44. The lowest BCUT2D eigenvalue weighted by molar-refractivity contribution is -0.117. The van der Waals surface area contributed by atoms with Crippen molar-refractivity contribution in [2.75, 3.05) is 18.1 Å². The first kappa shape index (κ1) is 11.0. The number of anilines is 1. The number of benzene rings is 1. The van der Waals surface area contributed by atoms with Crippen LogP contribution in [-0.2, 0) is 4.79 Å². The fourth-order valence-corrected chi connectivity index (χ4v) is 1.86. The van der Waals surface area contributed by atoms with Crippen LogP contribution in [0.15, 0.2) is 24.3 Å². The lowest BCUT2D eigenvalue weighted by Gasteiger charge is -2.15. The molecule has 1 aromatic rings. The molecule has 2 rings (SSSR count). The third-order valence-corrected chi connectivity index (χ3v) is 2.69. The monoisotopic (exact) mass is 219 g/mol. The van der Waals surface area contributed by atoms with E-state index in [1.165, 1.54) is 0 Å². The molecule has 3 nitrogen and oxygen atoms in total. The molecule has 1 saturated heterocycles. The number of nitrogens with zero attached hydrogens (tertiary/aromatic N) is 1. The number of rotatable bonds is 4. The normalized spacial score (nSPS) is 15.6. The maximum absolute atomic E-state index is 11.5. The maximum Gasteiger partial charge on any atom is 0.227 e. The first-order valence-corrected chi connectivity index (χ1v) is 5.84. The summed E-state index contributed by atoms with van der Waals surface area (Å²) in [5.41, 5.74) is 0.978. The molecule has 0 spiro atoms. The molecule has 0 N–H and O–H groups in total. The summed E-state index contributed by atoms with van der Waals surface area (Å²) in [4.78, 5) is 13.4. The SMILES string of the molecule is CCCOc1ccc(N2CCCC2=O)cc1. The summed E-state index contributed by atoms with van der Waals surface area (Å²) >= 11 is 0. The lowest BCUT2D eigenvalue weighted by atomic mass is 10.3. The zero-order valence-corrected chi connectivity index (χ0v) is 9.61. The fourth-order valence-electron chi connectivity index (χ4n) is 1.86. The van der Waals surface area contributed by atoms with E-state index in [1.54, 1.807) is 0 Å². The molecule has 0 aromatic heterocycles. The molecule has 1 aromatic carbocycles. The van der Waals surface area contributed by atoms with Gasteiger partial charge in [-0.3, -0.25) is 4.79 Å². The quantitative estimate of drug-likeness (QED) is 0.779. The molecule has 0 atom stereocenters. The highest BCUT2D eigenvalue weighted by Gasteiger charge is 2.21. The molecular formula is C13H17NO2. The van der Waals surface area contributed by atoms with Gasteiger partial charge in [0.1, 0.15) is 5.75 Å². The summed E-state index contributed by atoms with van der Waals surface area (Å²) in [6.07, 6.45) is 2.65. The van der Waals surface area contributed by atoms with Gasteiger partial charge < -0.3 is 9.64 Å². The van der Waals surface area contributed by atoms with Gasteiger partial charge in [0.05, 0.1) is 6.61 Å². The van der Waals surface area contributed by atoms with Crippen LogP contribution < -0.4 is 9.64 Å². The van der Waals surface area contributed by atoms with Gasteiger partial charge in [-0.2, -0.15) is 0 Å². The second-order valence-electron chi connectivity index (χ2n) is 3.99. The van der Waals surface area contributed by atoms with Crippen LogP contribution >= 0.6 is 0 Å². The molecule has 0 bridgehead atoms. The summed E-state index contributed by atoms with van der Waals surface area (Å²) in [7, 11) is 0. The van der Waals surface area contributed by atoms with Gasteiger partial charge in [-0.05, 0) is 37.1 Å². The van der Waals surface area contributed by atoms with E-state index in [0.29, 0.717) is 6.42 Å². The lowest BCUT2D eigenvalue weighted by Crippen LogP contribution is -2.23. The molecule has 0 saturated carbocycles. The van der Waals surface area contributed by atoms with E-state index in [1.807, 2.05) is 29.2 Å². The van der Waals surface area contributed by atoms with E-state index in [-0.39, 0.29) is 5.91 Å². The predicted octanol–water partition coefficient (Wildman–Crippen LogP) is 2.60. The van der Waals surface area contributed by atoms with Crippen LogP contribution in [0.3, 0.4) is 0 Å². The van der Waals surface area contributed by atoms with Crippen LogP contribution in [0, 0.1) is 0 Å². The predicted molar refractivity (Wildman–Crippen MR) is 63.8 cm³/mol. The molecule has 1 aliphatic rings. The molecule has 1 aliphatic heterocycles. The highest BCUT2D eigenvalue weighted by molar-refractivity contribution is 5.95. The van der Waals surface area contributed by atoms with Crippen LogP contribution in [0.1, 0.15) is 26.2 Å². The molecule has 16 heavy (non-hydrogen) atoms. The van der Waals surface area contributed by atoms with Crippen molar-refractivity contribution in [1.29, 1.82) is 0 Å². The highest BCUT2D eigenvalue weighted by Crippen LogP contribution is 2.23. The summed E-state index contributed by atoms with van der Waals surface area (Å²) in [5.74, 6) is 1.10. The van der Waals surface area contributed by atoms with E-state index < -0.39 is 0 Å². The molecular weight excluding hydrogens is 202 g/mol. The topological polar surface area (TPSA) is 29.5 Å². The maximum atomic E-state index is 11.5. The molecule has 1 heterocycles. The van der Waals surface area contributed by atoms with Crippen LogP contribution in [-0.4, -0.2) is 19.1 Å². The minimum Gasteiger partial charge on any atom is -0.494 e. The third-order valence-electron chi connectivity index (χ3n) is 2.69. The Hall–Kier alpha value is -1.51. The van der Waals surface area contributed by atoms with Crippen LogP contribution in [0.2, 0.25) is 0 Å². The summed E-state index contributed by atoms with van der Waals surface area (Å²) in [6, 6.07) is 7.76. The van der Waals surface area contributed by atoms with Gasteiger partial charge in [-0.25, -0.2) is 0 Å².